The Labute approximate surface area is 227 Å². The van der Waals surface area contributed by atoms with Crippen LogP contribution in [-0.2, 0) is 20.1 Å². The Morgan fingerprint density at radius 3 is 2.28 bits per heavy atom. The molecule has 0 spiro atoms. The quantitative estimate of drug-likeness (QED) is 0.213. The minimum atomic E-state index is -0.180. The Bertz CT molecular complexity index is 1540. The molecule has 5 aromatic rings. The zero-order valence-corrected chi connectivity index (χ0v) is 22.0. The zero-order chi connectivity index (χ0) is 27.2. The predicted molar refractivity (Wildman–Crippen MR) is 147 cm³/mol. The van der Waals surface area contributed by atoms with Crippen LogP contribution in [0.15, 0.2) is 102 Å². The number of amides is 1. The first-order valence-electron chi connectivity index (χ1n) is 12.4. The van der Waals surface area contributed by atoms with Crippen LogP contribution in [0.5, 0.6) is 23.1 Å². The van der Waals surface area contributed by atoms with Crippen molar-refractivity contribution in [2.24, 2.45) is 7.05 Å². The molecule has 0 saturated heterocycles. The van der Waals surface area contributed by atoms with Gasteiger partial charge in [-0.3, -0.25) is 4.79 Å². The van der Waals surface area contributed by atoms with E-state index in [0.717, 1.165) is 16.8 Å². The van der Waals surface area contributed by atoms with Crippen LogP contribution in [0.3, 0.4) is 0 Å². The number of methoxy groups -OCH3 is 2. The maximum absolute atomic E-state index is 13.9. The summed E-state index contributed by atoms with van der Waals surface area (Å²) in [6.45, 7) is 0.471. The summed E-state index contributed by atoms with van der Waals surface area (Å²) in [5.41, 5.74) is 2.89. The fraction of sp³-hybridized carbons (Fsp3) is 0.161. The summed E-state index contributed by atoms with van der Waals surface area (Å²) in [5, 5.41) is 4.81. The number of benzene rings is 3. The highest BCUT2D eigenvalue weighted by Gasteiger charge is 2.26. The highest BCUT2D eigenvalue weighted by atomic mass is 16.5. The number of aryl methyl sites for hydroxylation is 1. The molecule has 8 heteroatoms. The minimum Gasteiger partial charge on any atom is -0.497 e. The summed E-state index contributed by atoms with van der Waals surface area (Å²) in [7, 11) is 5.01. The van der Waals surface area contributed by atoms with Crippen LogP contribution in [0.25, 0.3) is 11.3 Å². The SMILES string of the molecule is COc1cccc(Oc2c(CN(Cc3ccco3)C(=O)c3cccc(OC)c3)c(-c3ccccc3)nn2C)c1. The second-order valence-corrected chi connectivity index (χ2v) is 8.88. The van der Waals surface area contributed by atoms with Gasteiger partial charge in [0.1, 0.15) is 28.7 Å². The van der Waals surface area contributed by atoms with Crippen molar-refractivity contribution in [3.05, 3.63) is 114 Å². The predicted octanol–water partition coefficient (Wildman–Crippen LogP) is 6.33. The average Bonchev–Trinajstić information content (AvgIpc) is 3.61. The number of hydrogen-bond donors (Lipinski definition) is 0. The molecule has 0 atom stereocenters. The van der Waals surface area contributed by atoms with Gasteiger partial charge in [0, 0.05) is 24.2 Å². The number of hydrogen-bond acceptors (Lipinski definition) is 6. The summed E-state index contributed by atoms with van der Waals surface area (Å²) < 4.78 is 24.4. The molecule has 3 aromatic carbocycles. The van der Waals surface area contributed by atoms with Crippen molar-refractivity contribution < 1.29 is 23.4 Å². The lowest BCUT2D eigenvalue weighted by molar-refractivity contribution is 0.0716. The summed E-state index contributed by atoms with van der Waals surface area (Å²) in [5.74, 6) is 2.87. The molecule has 1 amide bonds. The van der Waals surface area contributed by atoms with Gasteiger partial charge in [0.15, 0.2) is 0 Å². The Kier molecular flexibility index (Phi) is 7.63. The fourth-order valence-electron chi connectivity index (χ4n) is 4.35. The molecule has 198 valence electrons. The standard InChI is InChI=1S/C31H29N3O5/c1-33-31(39-26-15-8-14-25(19-26)37-3)28(29(32-33)22-10-5-4-6-11-22)21-34(20-27-16-9-17-38-27)30(35)23-12-7-13-24(18-23)36-2/h4-19H,20-21H2,1-3H3. The lowest BCUT2D eigenvalue weighted by Crippen LogP contribution is -2.30. The molecule has 2 heterocycles. The second kappa shape index (κ2) is 11.6. The van der Waals surface area contributed by atoms with Crippen molar-refractivity contribution >= 4 is 5.91 Å². The van der Waals surface area contributed by atoms with Crippen LogP contribution < -0.4 is 14.2 Å². The van der Waals surface area contributed by atoms with Crippen LogP contribution >= 0.6 is 0 Å². The van der Waals surface area contributed by atoms with Gasteiger partial charge in [-0.15, -0.1) is 0 Å². The van der Waals surface area contributed by atoms with E-state index in [1.54, 1.807) is 60.4 Å². The van der Waals surface area contributed by atoms with Crippen molar-refractivity contribution in [3.63, 3.8) is 0 Å². The van der Waals surface area contributed by atoms with Gasteiger partial charge in [-0.2, -0.15) is 5.10 Å². The third-order valence-corrected chi connectivity index (χ3v) is 6.27. The van der Waals surface area contributed by atoms with Gasteiger partial charge < -0.3 is 23.5 Å². The molecule has 0 bridgehead atoms. The topological polar surface area (TPSA) is 79.0 Å². The van der Waals surface area contributed by atoms with Gasteiger partial charge in [0.25, 0.3) is 5.91 Å². The maximum atomic E-state index is 13.9. The van der Waals surface area contributed by atoms with Gasteiger partial charge in [-0.1, -0.05) is 42.5 Å². The molecule has 5 rings (SSSR count). The molecule has 0 N–H and O–H groups in total. The van der Waals surface area contributed by atoms with Gasteiger partial charge in [-0.05, 0) is 42.5 Å². The first-order chi connectivity index (χ1) is 19.1. The normalized spacial score (nSPS) is 10.7. The molecule has 0 aliphatic rings. The van der Waals surface area contributed by atoms with Crippen molar-refractivity contribution in [1.82, 2.24) is 14.7 Å². The van der Waals surface area contributed by atoms with E-state index < -0.39 is 0 Å². The lowest BCUT2D eigenvalue weighted by atomic mass is 10.1. The average molecular weight is 524 g/mol. The molecule has 8 nitrogen and oxygen atoms in total. The van der Waals surface area contributed by atoms with Crippen molar-refractivity contribution in [2.75, 3.05) is 14.2 Å². The van der Waals surface area contributed by atoms with Crippen molar-refractivity contribution in [2.45, 2.75) is 13.1 Å². The molecule has 0 aliphatic heterocycles. The molecule has 0 fully saturated rings. The summed E-state index contributed by atoms with van der Waals surface area (Å²) in [6, 6.07) is 28.0. The highest BCUT2D eigenvalue weighted by Crippen LogP contribution is 2.35. The molecule has 0 radical (unpaired) electrons. The van der Waals surface area contributed by atoms with Gasteiger partial charge in [0.2, 0.25) is 5.88 Å². The molecular weight excluding hydrogens is 494 g/mol. The number of rotatable bonds is 10. The van der Waals surface area contributed by atoms with Crippen molar-refractivity contribution in [3.8, 4) is 34.4 Å². The summed E-state index contributed by atoms with van der Waals surface area (Å²) >= 11 is 0. The monoisotopic (exact) mass is 523 g/mol. The third-order valence-electron chi connectivity index (χ3n) is 6.27. The Morgan fingerprint density at radius 2 is 1.56 bits per heavy atom. The maximum Gasteiger partial charge on any atom is 0.254 e. The molecule has 2 aromatic heterocycles. The zero-order valence-electron chi connectivity index (χ0n) is 22.0. The van der Waals surface area contributed by atoms with E-state index >= 15 is 0 Å². The Hall–Kier alpha value is -4.98. The van der Waals surface area contributed by atoms with Crippen molar-refractivity contribution in [1.29, 1.82) is 0 Å². The number of ether oxygens (including phenoxy) is 3. The van der Waals surface area contributed by atoms with Crippen LogP contribution in [0, 0.1) is 0 Å². The molecular formula is C31H29N3O5. The fourth-order valence-corrected chi connectivity index (χ4v) is 4.35. The van der Waals surface area contributed by atoms with E-state index in [4.69, 9.17) is 23.7 Å². The van der Waals surface area contributed by atoms with Gasteiger partial charge in [-0.25, -0.2) is 4.68 Å². The van der Waals surface area contributed by atoms with Crippen LogP contribution in [-0.4, -0.2) is 34.8 Å². The molecule has 0 unspecified atom stereocenters. The Morgan fingerprint density at radius 1 is 0.846 bits per heavy atom. The first-order valence-corrected chi connectivity index (χ1v) is 12.4. The number of carbonyl (C=O) groups excluding carboxylic acids is 1. The minimum absolute atomic E-state index is 0.180. The first kappa shape index (κ1) is 25.7. The van der Waals surface area contributed by atoms with Crippen LogP contribution in [0.4, 0.5) is 0 Å². The van der Waals surface area contributed by atoms with Gasteiger partial charge >= 0.3 is 0 Å². The number of carbonyl (C=O) groups is 1. The smallest absolute Gasteiger partial charge is 0.254 e. The van der Waals surface area contributed by atoms with Gasteiger partial charge in [0.05, 0.1) is 39.1 Å². The largest absolute Gasteiger partial charge is 0.497 e. The van der Waals surface area contributed by atoms with E-state index in [9.17, 15) is 4.79 Å². The molecule has 0 aliphatic carbocycles. The molecule has 0 saturated carbocycles. The van der Waals surface area contributed by atoms with Crippen LogP contribution in [0.2, 0.25) is 0 Å². The van der Waals surface area contributed by atoms with E-state index in [-0.39, 0.29) is 19.0 Å². The van der Waals surface area contributed by atoms with E-state index in [1.165, 1.54) is 0 Å². The van der Waals surface area contributed by atoms with E-state index in [2.05, 4.69) is 0 Å². The number of nitrogens with zero attached hydrogens (tertiary/aromatic N) is 3. The summed E-state index contributed by atoms with van der Waals surface area (Å²) in [6.07, 6.45) is 1.60. The lowest BCUT2D eigenvalue weighted by Gasteiger charge is -2.23. The van der Waals surface area contributed by atoms with Crippen LogP contribution in [0.1, 0.15) is 21.7 Å². The summed E-state index contributed by atoms with van der Waals surface area (Å²) in [4.78, 5) is 15.6. The van der Waals surface area contributed by atoms with E-state index in [1.807, 2.05) is 67.7 Å². The number of aromatic nitrogens is 2. The highest BCUT2D eigenvalue weighted by molar-refractivity contribution is 5.94. The number of furan rings is 1. The second-order valence-electron chi connectivity index (χ2n) is 8.88. The van der Waals surface area contributed by atoms with E-state index in [0.29, 0.717) is 34.5 Å². The molecule has 39 heavy (non-hydrogen) atoms. The third kappa shape index (κ3) is 5.80. The Balaban J connectivity index is 1.59.